The van der Waals surface area contributed by atoms with Crippen molar-refractivity contribution in [3.8, 4) is 0 Å². The Kier molecular flexibility index (Phi) is 4.34. The van der Waals surface area contributed by atoms with Crippen LogP contribution in [-0.2, 0) is 4.74 Å². The van der Waals surface area contributed by atoms with Crippen molar-refractivity contribution in [2.75, 3.05) is 39.9 Å². The van der Waals surface area contributed by atoms with Gasteiger partial charge in [-0.05, 0) is 12.6 Å². The largest absolute Gasteiger partial charge is 0.379 e. The number of hydrogen-bond acceptors (Lipinski definition) is 3. The fourth-order valence-electron chi connectivity index (χ4n) is 2.09. The Balaban J connectivity index is 1.94. The van der Waals surface area contributed by atoms with Crippen LogP contribution in [0.5, 0.6) is 0 Å². The SMILES string of the molecule is CN[C@@H](CN1CCOCC1)c1ccccc1. The minimum Gasteiger partial charge on any atom is -0.379 e. The van der Waals surface area contributed by atoms with Crippen molar-refractivity contribution in [3.63, 3.8) is 0 Å². The third kappa shape index (κ3) is 3.04. The molecule has 88 valence electrons. The summed E-state index contributed by atoms with van der Waals surface area (Å²) in [6, 6.07) is 11.0. The van der Waals surface area contributed by atoms with E-state index in [4.69, 9.17) is 4.74 Å². The van der Waals surface area contributed by atoms with Crippen molar-refractivity contribution in [2.45, 2.75) is 6.04 Å². The summed E-state index contributed by atoms with van der Waals surface area (Å²) in [6.07, 6.45) is 0. The van der Waals surface area contributed by atoms with E-state index in [2.05, 4.69) is 40.5 Å². The fraction of sp³-hybridized carbons (Fsp3) is 0.538. The van der Waals surface area contributed by atoms with Crippen molar-refractivity contribution in [2.24, 2.45) is 0 Å². The monoisotopic (exact) mass is 220 g/mol. The molecule has 0 spiro atoms. The molecule has 0 unspecified atom stereocenters. The van der Waals surface area contributed by atoms with Crippen LogP contribution in [0.15, 0.2) is 30.3 Å². The zero-order chi connectivity index (χ0) is 11.2. The summed E-state index contributed by atoms with van der Waals surface area (Å²) < 4.78 is 5.36. The van der Waals surface area contributed by atoms with Crippen LogP contribution in [0.3, 0.4) is 0 Å². The molecule has 0 bridgehead atoms. The smallest absolute Gasteiger partial charge is 0.0594 e. The first-order valence-corrected chi connectivity index (χ1v) is 5.92. The molecular weight excluding hydrogens is 200 g/mol. The Hall–Kier alpha value is -0.900. The molecule has 3 nitrogen and oxygen atoms in total. The van der Waals surface area contributed by atoms with Gasteiger partial charge in [0.25, 0.3) is 0 Å². The van der Waals surface area contributed by atoms with E-state index in [-0.39, 0.29) is 0 Å². The third-order valence-electron chi connectivity index (χ3n) is 3.09. The summed E-state index contributed by atoms with van der Waals surface area (Å²) in [6.45, 7) is 4.89. The lowest BCUT2D eigenvalue weighted by Crippen LogP contribution is -2.41. The van der Waals surface area contributed by atoms with Crippen LogP contribution in [0, 0.1) is 0 Å². The maximum atomic E-state index is 5.36. The summed E-state index contributed by atoms with van der Waals surface area (Å²) in [5.41, 5.74) is 1.36. The average molecular weight is 220 g/mol. The molecule has 2 rings (SSSR count). The zero-order valence-electron chi connectivity index (χ0n) is 9.86. The predicted octanol–water partition coefficient (Wildman–Crippen LogP) is 1.28. The first-order valence-electron chi connectivity index (χ1n) is 5.92. The lowest BCUT2D eigenvalue weighted by atomic mass is 10.1. The molecule has 1 atom stereocenters. The van der Waals surface area contributed by atoms with Crippen molar-refractivity contribution in [3.05, 3.63) is 35.9 Å². The van der Waals surface area contributed by atoms with E-state index in [1.165, 1.54) is 5.56 Å². The molecule has 0 saturated carbocycles. The summed E-state index contributed by atoms with van der Waals surface area (Å²) in [5.74, 6) is 0. The summed E-state index contributed by atoms with van der Waals surface area (Å²) in [5, 5.41) is 3.38. The predicted molar refractivity (Wildman–Crippen MR) is 65.5 cm³/mol. The second-order valence-electron chi connectivity index (χ2n) is 4.16. The van der Waals surface area contributed by atoms with E-state index in [9.17, 15) is 0 Å². The molecule has 0 radical (unpaired) electrons. The molecule has 16 heavy (non-hydrogen) atoms. The number of nitrogens with one attached hydrogen (secondary N) is 1. The van der Waals surface area contributed by atoms with Gasteiger partial charge in [-0.2, -0.15) is 0 Å². The Bertz CT molecular complexity index is 296. The van der Waals surface area contributed by atoms with E-state index in [0.29, 0.717) is 6.04 Å². The van der Waals surface area contributed by atoms with Gasteiger partial charge < -0.3 is 10.1 Å². The fourth-order valence-corrected chi connectivity index (χ4v) is 2.09. The molecule has 0 aliphatic carbocycles. The molecule has 3 heteroatoms. The van der Waals surface area contributed by atoms with Crippen LogP contribution < -0.4 is 5.32 Å². The Morgan fingerprint density at radius 3 is 2.56 bits per heavy atom. The number of ether oxygens (including phenoxy) is 1. The van der Waals surface area contributed by atoms with E-state index in [1.54, 1.807) is 0 Å². The third-order valence-corrected chi connectivity index (χ3v) is 3.09. The lowest BCUT2D eigenvalue weighted by Gasteiger charge is -2.30. The van der Waals surface area contributed by atoms with Gasteiger partial charge in [-0.15, -0.1) is 0 Å². The maximum Gasteiger partial charge on any atom is 0.0594 e. The van der Waals surface area contributed by atoms with E-state index >= 15 is 0 Å². The summed E-state index contributed by atoms with van der Waals surface area (Å²) in [7, 11) is 2.03. The topological polar surface area (TPSA) is 24.5 Å². The first-order chi connectivity index (χ1) is 7.90. The Morgan fingerprint density at radius 1 is 1.25 bits per heavy atom. The zero-order valence-corrected chi connectivity index (χ0v) is 9.86. The molecule has 0 aromatic heterocycles. The van der Waals surface area contributed by atoms with Crippen molar-refractivity contribution in [1.82, 2.24) is 10.2 Å². The number of morpholine rings is 1. The summed E-state index contributed by atoms with van der Waals surface area (Å²) in [4.78, 5) is 2.46. The highest BCUT2D eigenvalue weighted by atomic mass is 16.5. The van der Waals surface area contributed by atoms with Gasteiger partial charge >= 0.3 is 0 Å². The molecule has 1 aromatic rings. The van der Waals surface area contributed by atoms with Crippen LogP contribution >= 0.6 is 0 Å². The highest BCUT2D eigenvalue weighted by Crippen LogP contribution is 2.14. The van der Waals surface area contributed by atoms with Crippen molar-refractivity contribution in [1.29, 1.82) is 0 Å². The van der Waals surface area contributed by atoms with E-state index in [1.807, 2.05) is 7.05 Å². The van der Waals surface area contributed by atoms with Gasteiger partial charge in [0.1, 0.15) is 0 Å². The minimum atomic E-state index is 0.416. The van der Waals surface area contributed by atoms with Crippen LogP contribution in [0.2, 0.25) is 0 Å². The molecule has 0 amide bonds. The van der Waals surface area contributed by atoms with Gasteiger partial charge in [-0.25, -0.2) is 0 Å². The number of nitrogens with zero attached hydrogens (tertiary/aromatic N) is 1. The Labute approximate surface area is 97.4 Å². The van der Waals surface area contributed by atoms with Gasteiger partial charge in [0.15, 0.2) is 0 Å². The highest BCUT2D eigenvalue weighted by Gasteiger charge is 2.16. The normalized spacial score (nSPS) is 19.6. The average Bonchev–Trinajstić information content (AvgIpc) is 2.38. The van der Waals surface area contributed by atoms with Gasteiger partial charge in [-0.1, -0.05) is 30.3 Å². The van der Waals surface area contributed by atoms with Crippen molar-refractivity contribution >= 4 is 0 Å². The molecule has 1 aliphatic heterocycles. The van der Waals surface area contributed by atoms with Crippen LogP contribution in [0.1, 0.15) is 11.6 Å². The second kappa shape index (κ2) is 5.99. The number of benzene rings is 1. The molecule has 1 fully saturated rings. The molecular formula is C13H20N2O. The van der Waals surface area contributed by atoms with E-state index < -0.39 is 0 Å². The van der Waals surface area contributed by atoms with E-state index in [0.717, 1.165) is 32.8 Å². The van der Waals surface area contributed by atoms with Crippen LogP contribution in [0.4, 0.5) is 0 Å². The molecule has 1 heterocycles. The van der Waals surface area contributed by atoms with Gasteiger partial charge in [0.2, 0.25) is 0 Å². The van der Waals surface area contributed by atoms with Crippen molar-refractivity contribution < 1.29 is 4.74 Å². The maximum absolute atomic E-state index is 5.36. The molecule has 1 saturated heterocycles. The second-order valence-corrected chi connectivity index (χ2v) is 4.16. The Morgan fingerprint density at radius 2 is 1.94 bits per heavy atom. The molecule has 1 aromatic carbocycles. The van der Waals surface area contributed by atoms with Crippen LogP contribution in [0.25, 0.3) is 0 Å². The lowest BCUT2D eigenvalue weighted by molar-refractivity contribution is 0.0338. The minimum absolute atomic E-state index is 0.416. The number of hydrogen-bond donors (Lipinski definition) is 1. The highest BCUT2D eigenvalue weighted by molar-refractivity contribution is 5.19. The quantitative estimate of drug-likeness (QED) is 0.827. The molecule has 1 N–H and O–H groups in total. The standard InChI is InChI=1S/C13H20N2O/c1-14-13(12-5-3-2-4-6-12)11-15-7-9-16-10-8-15/h2-6,13-14H,7-11H2,1H3/t13-/m0/s1. The van der Waals surface area contributed by atoms with Gasteiger partial charge in [0.05, 0.1) is 13.2 Å². The number of likely N-dealkylation sites (N-methyl/N-ethyl adjacent to an activating group) is 1. The number of rotatable bonds is 4. The summed E-state index contributed by atoms with van der Waals surface area (Å²) >= 11 is 0. The van der Waals surface area contributed by atoms with Crippen LogP contribution in [-0.4, -0.2) is 44.8 Å². The van der Waals surface area contributed by atoms with Gasteiger partial charge in [0, 0.05) is 25.7 Å². The first kappa shape index (κ1) is 11.6. The molecule has 1 aliphatic rings. The van der Waals surface area contributed by atoms with Gasteiger partial charge in [-0.3, -0.25) is 4.90 Å².